The Hall–Kier alpha value is -2.11. The van der Waals surface area contributed by atoms with Crippen LogP contribution in [-0.4, -0.2) is 54.1 Å². The summed E-state index contributed by atoms with van der Waals surface area (Å²) in [7, 11) is 0. The molecule has 5 heteroatoms. The van der Waals surface area contributed by atoms with E-state index in [0.29, 0.717) is 19.7 Å². The van der Waals surface area contributed by atoms with Gasteiger partial charge in [-0.25, -0.2) is 0 Å². The van der Waals surface area contributed by atoms with Crippen LogP contribution in [-0.2, 0) is 11.3 Å². The highest BCUT2D eigenvalue weighted by Crippen LogP contribution is 2.31. The summed E-state index contributed by atoms with van der Waals surface area (Å²) in [6.45, 7) is 4.88. The Balaban J connectivity index is 1.37. The molecule has 0 aliphatic carbocycles. The van der Waals surface area contributed by atoms with Gasteiger partial charge in [0, 0.05) is 37.3 Å². The van der Waals surface area contributed by atoms with Crippen molar-refractivity contribution in [2.75, 3.05) is 32.8 Å². The van der Waals surface area contributed by atoms with E-state index >= 15 is 0 Å². The molecule has 1 amide bonds. The predicted octanol–water partition coefficient (Wildman–Crippen LogP) is 2.79. The van der Waals surface area contributed by atoms with Crippen LogP contribution in [0, 0.1) is 0 Å². The van der Waals surface area contributed by atoms with Crippen molar-refractivity contribution in [2.24, 2.45) is 0 Å². The van der Waals surface area contributed by atoms with Gasteiger partial charge < -0.3 is 14.1 Å². The number of rotatable bonds is 3. The molecular formula is C20H24N2O3. The van der Waals surface area contributed by atoms with E-state index in [1.807, 2.05) is 47.6 Å². The van der Waals surface area contributed by atoms with Crippen molar-refractivity contribution in [1.82, 2.24) is 9.80 Å². The molecule has 0 N–H and O–H groups in total. The van der Waals surface area contributed by atoms with Crippen LogP contribution in [0.1, 0.15) is 28.8 Å². The summed E-state index contributed by atoms with van der Waals surface area (Å²) >= 11 is 0. The number of amides is 1. The normalized spacial score (nSPS) is 20.7. The maximum absolute atomic E-state index is 12.8. The average Bonchev–Trinajstić information content (AvgIpc) is 3.17. The first-order valence-electron chi connectivity index (χ1n) is 8.96. The zero-order valence-corrected chi connectivity index (χ0v) is 14.4. The first-order valence-corrected chi connectivity index (χ1v) is 8.96. The second-order valence-corrected chi connectivity index (χ2v) is 7.03. The summed E-state index contributed by atoms with van der Waals surface area (Å²) in [5.41, 5.74) is 1.79. The van der Waals surface area contributed by atoms with Crippen LogP contribution >= 0.6 is 0 Å². The van der Waals surface area contributed by atoms with Crippen LogP contribution in [0.5, 0.6) is 0 Å². The van der Waals surface area contributed by atoms with E-state index in [0.717, 1.165) is 38.0 Å². The average molecular weight is 340 g/mol. The third-order valence-electron chi connectivity index (χ3n) is 5.31. The summed E-state index contributed by atoms with van der Waals surface area (Å²) < 4.78 is 11.3. The molecule has 0 radical (unpaired) electrons. The lowest BCUT2D eigenvalue weighted by Gasteiger charge is -2.47. The van der Waals surface area contributed by atoms with E-state index in [-0.39, 0.29) is 11.5 Å². The second kappa shape index (κ2) is 7.02. The zero-order chi connectivity index (χ0) is 17.1. The van der Waals surface area contributed by atoms with Crippen LogP contribution in [0.25, 0.3) is 0 Å². The van der Waals surface area contributed by atoms with Crippen molar-refractivity contribution in [2.45, 2.75) is 25.0 Å². The molecule has 25 heavy (non-hydrogen) atoms. The second-order valence-electron chi connectivity index (χ2n) is 7.03. The number of piperidine rings is 1. The van der Waals surface area contributed by atoms with Gasteiger partial charge in [0.05, 0.1) is 31.3 Å². The molecule has 5 nitrogen and oxygen atoms in total. The lowest BCUT2D eigenvalue weighted by molar-refractivity contribution is -0.127. The Morgan fingerprint density at radius 1 is 1.08 bits per heavy atom. The van der Waals surface area contributed by atoms with Crippen LogP contribution in [0.3, 0.4) is 0 Å². The minimum absolute atomic E-state index is 0.115. The van der Waals surface area contributed by atoms with Crippen molar-refractivity contribution in [3.63, 3.8) is 0 Å². The lowest BCUT2D eigenvalue weighted by atomic mass is 9.89. The number of ether oxygens (including phenoxy) is 1. The van der Waals surface area contributed by atoms with E-state index in [9.17, 15) is 4.79 Å². The molecule has 0 saturated carbocycles. The minimum Gasteiger partial charge on any atom is -0.472 e. The van der Waals surface area contributed by atoms with Crippen LogP contribution < -0.4 is 0 Å². The fourth-order valence-corrected chi connectivity index (χ4v) is 3.84. The first-order chi connectivity index (χ1) is 12.2. The molecular weight excluding hydrogens is 316 g/mol. The molecule has 0 bridgehead atoms. The van der Waals surface area contributed by atoms with Gasteiger partial charge in [0.2, 0.25) is 0 Å². The molecule has 2 aliphatic heterocycles. The number of hydrogen-bond donors (Lipinski definition) is 0. The van der Waals surface area contributed by atoms with Crippen molar-refractivity contribution in [1.29, 1.82) is 0 Å². The minimum atomic E-state index is -0.185. The van der Waals surface area contributed by atoms with E-state index in [2.05, 4.69) is 4.90 Å². The van der Waals surface area contributed by atoms with Gasteiger partial charge in [-0.3, -0.25) is 9.69 Å². The van der Waals surface area contributed by atoms with E-state index in [4.69, 9.17) is 9.15 Å². The molecule has 2 fully saturated rings. The molecule has 2 aliphatic rings. The standard InChI is InChI=1S/C20H24N2O3/c23-19(18-4-2-1-3-5-18)22-11-13-25-20(16-22)7-9-21(10-8-20)14-17-6-12-24-15-17/h1-6,12,15H,7-11,13-14,16H2. The molecule has 2 saturated heterocycles. The maximum Gasteiger partial charge on any atom is 0.254 e. The molecule has 0 atom stereocenters. The number of likely N-dealkylation sites (tertiary alicyclic amines) is 1. The third-order valence-corrected chi connectivity index (χ3v) is 5.31. The molecule has 4 rings (SSSR count). The molecule has 132 valence electrons. The summed E-state index contributed by atoms with van der Waals surface area (Å²) in [6, 6.07) is 11.6. The molecule has 2 aromatic rings. The van der Waals surface area contributed by atoms with Gasteiger partial charge >= 0.3 is 0 Å². The van der Waals surface area contributed by atoms with Gasteiger partial charge in [0.15, 0.2) is 0 Å². The number of carbonyl (C=O) groups is 1. The summed E-state index contributed by atoms with van der Waals surface area (Å²) in [5, 5.41) is 0. The van der Waals surface area contributed by atoms with Gasteiger partial charge in [-0.05, 0) is 31.0 Å². The molecule has 1 aromatic carbocycles. The van der Waals surface area contributed by atoms with Crippen LogP contribution in [0.15, 0.2) is 53.3 Å². The highest BCUT2D eigenvalue weighted by molar-refractivity contribution is 5.94. The smallest absolute Gasteiger partial charge is 0.254 e. The lowest BCUT2D eigenvalue weighted by Crippen LogP contribution is -2.57. The fraction of sp³-hybridized carbons (Fsp3) is 0.450. The fourth-order valence-electron chi connectivity index (χ4n) is 3.84. The van der Waals surface area contributed by atoms with E-state index < -0.39 is 0 Å². The topological polar surface area (TPSA) is 45.9 Å². The molecule has 1 aromatic heterocycles. The van der Waals surface area contributed by atoms with Crippen molar-refractivity contribution >= 4 is 5.91 Å². The predicted molar refractivity (Wildman–Crippen MR) is 94.2 cm³/mol. The summed E-state index contributed by atoms with van der Waals surface area (Å²) in [6.07, 6.45) is 5.45. The Labute approximate surface area is 148 Å². The highest BCUT2D eigenvalue weighted by atomic mass is 16.5. The molecule has 1 spiro atoms. The summed E-state index contributed by atoms with van der Waals surface area (Å²) in [4.78, 5) is 17.1. The highest BCUT2D eigenvalue weighted by Gasteiger charge is 2.41. The van der Waals surface area contributed by atoms with Gasteiger partial charge in [-0.15, -0.1) is 0 Å². The number of benzene rings is 1. The number of nitrogens with zero attached hydrogens (tertiary/aromatic N) is 2. The van der Waals surface area contributed by atoms with Gasteiger partial charge in [-0.2, -0.15) is 0 Å². The zero-order valence-electron chi connectivity index (χ0n) is 14.4. The summed E-state index contributed by atoms with van der Waals surface area (Å²) in [5.74, 6) is 0.115. The Morgan fingerprint density at radius 3 is 2.60 bits per heavy atom. The van der Waals surface area contributed by atoms with Crippen LogP contribution in [0.4, 0.5) is 0 Å². The third kappa shape index (κ3) is 3.62. The largest absolute Gasteiger partial charge is 0.472 e. The number of furan rings is 1. The monoisotopic (exact) mass is 340 g/mol. The van der Waals surface area contributed by atoms with Gasteiger partial charge in [-0.1, -0.05) is 18.2 Å². The van der Waals surface area contributed by atoms with Crippen molar-refractivity contribution < 1.29 is 13.9 Å². The maximum atomic E-state index is 12.8. The Bertz CT molecular complexity index is 691. The van der Waals surface area contributed by atoms with E-state index in [1.165, 1.54) is 5.56 Å². The van der Waals surface area contributed by atoms with Crippen molar-refractivity contribution in [3.8, 4) is 0 Å². The van der Waals surface area contributed by atoms with Gasteiger partial charge in [0.25, 0.3) is 5.91 Å². The molecule has 0 unspecified atom stereocenters. The number of carbonyl (C=O) groups excluding carboxylic acids is 1. The quantitative estimate of drug-likeness (QED) is 0.862. The van der Waals surface area contributed by atoms with Gasteiger partial charge in [0.1, 0.15) is 0 Å². The molecule has 3 heterocycles. The van der Waals surface area contributed by atoms with Crippen LogP contribution in [0.2, 0.25) is 0 Å². The Morgan fingerprint density at radius 2 is 1.88 bits per heavy atom. The Kier molecular flexibility index (Phi) is 4.59. The SMILES string of the molecule is O=C(c1ccccc1)N1CCOC2(CCN(Cc3ccoc3)CC2)C1. The number of morpholine rings is 1. The number of hydrogen-bond acceptors (Lipinski definition) is 4. The van der Waals surface area contributed by atoms with E-state index in [1.54, 1.807) is 6.26 Å². The van der Waals surface area contributed by atoms with Crippen molar-refractivity contribution in [3.05, 3.63) is 60.1 Å². The first kappa shape index (κ1) is 16.4.